The molecule has 0 heterocycles. The Morgan fingerprint density at radius 1 is 1.42 bits per heavy atom. The maximum absolute atomic E-state index is 10.8. The lowest BCUT2D eigenvalue weighted by Gasteiger charge is -2.10. The number of carbonyl (C=O) groups is 2. The Bertz CT molecular complexity index is 221. The Morgan fingerprint density at radius 2 is 1.92 bits per heavy atom. The summed E-state index contributed by atoms with van der Waals surface area (Å²) in [5.41, 5.74) is 2.25. The number of hydrogen-bond donors (Lipinski definition) is 1. The summed E-state index contributed by atoms with van der Waals surface area (Å²) >= 11 is 0. The first kappa shape index (κ1) is 10.6. The van der Waals surface area contributed by atoms with Gasteiger partial charge in [0.1, 0.15) is 0 Å². The number of carbonyl (C=O) groups excluding carboxylic acids is 2. The van der Waals surface area contributed by atoms with Gasteiger partial charge >= 0.3 is 0 Å². The molecule has 12 heavy (non-hydrogen) atoms. The molecule has 0 saturated heterocycles. The van der Waals surface area contributed by atoms with E-state index in [4.69, 9.17) is 0 Å². The number of nitrogens with zero attached hydrogens (tertiary/aromatic N) is 1. The minimum Gasteiger partial charge on any atom is -0.545 e. The normalized spacial score (nSPS) is 11.5. The third kappa shape index (κ3) is 4.45. The Labute approximate surface area is 70.6 Å². The summed E-state index contributed by atoms with van der Waals surface area (Å²) in [6.07, 6.45) is 0.968. The number of carboxylic acids is 1. The van der Waals surface area contributed by atoms with E-state index in [1.165, 1.54) is 11.9 Å². The molecule has 5 nitrogen and oxygen atoms in total. The monoisotopic (exact) mass is 171 g/mol. The van der Waals surface area contributed by atoms with Gasteiger partial charge in [-0.15, -0.1) is 0 Å². The number of rotatable bonds is 3. The van der Waals surface area contributed by atoms with Crippen LogP contribution in [0.4, 0.5) is 0 Å². The SMILES string of the molecule is C/C(=C/C(=O)NN(C)C)C(=O)[O-]. The lowest BCUT2D eigenvalue weighted by atomic mass is 10.3. The highest BCUT2D eigenvalue weighted by molar-refractivity contribution is 5.96. The van der Waals surface area contributed by atoms with Crippen molar-refractivity contribution in [2.45, 2.75) is 6.92 Å². The van der Waals surface area contributed by atoms with E-state index in [0.717, 1.165) is 6.08 Å². The van der Waals surface area contributed by atoms with Gasteiger partial charge in [-0.2, -0.15) is 0 Å². The maximum atomic E-state index is 10.8. The molecule has 0 unspecified atom stereocenters. The Morgan fingerprint density at radius 3 is 2.25 bits per heavy atom. The molecule has 0 spiro atoms. The van der Waals surface area contributed by atoms with Crippen LogP contribution in [0, 0.1) is 0 Å². The van der Waals surface area contributed by atoms with Crippen molar-refractivity contribution in [2.75, 3.05) is 14.1 Å². The van der Waals surface area contributed by atoms with Crippen LogP contribution >= 0.6 is 0 Å². The second-order valence-corrected chi connectivity index (χ2v) is 2.49. The van der Waals surface area contributed by atoms with Gasteiger partial charge in [0.25, 0.3) is 5.91 Å². The molecule has 68 valence electrons. The third-order valence-electron chi connectivity index (χ3n) is 1.00. The summed E-state index contributed by atoms with van der Waals surface area (Å²) in [6, 6.07) is 0. The maximum Gasteiger partial charge on any atom is 0.258 e. The molecule has 0 bridgehead atoms. The number of nitrogens with one attached hydrogen (secondary N) is 1. The van der Waals surface area contributed by atoms with E-state index in [1.807, 2.05) is 0 Å². The number of aliphatic carboxylic acids is 1. The van der Waals surface area contributed by atoms with Crippen molar-refractivity contribution in [1.29, 1.82) is 0 Å². The van der Waals surface area contributed by atoms with Crippen molar-refractivity contribution in [3.8, 4) is 0 Å². The van der Waals surface area contributed by atoms with Crippen LogP contribution in [0.25, 0.3) is 0 Å². The van der Waals surface area contributed by atoms with Crippen molar-refractivity contribution in [3.63, 3.8) is 0 Å². The molecular formula is C7H11N2O3-. The van der Waals surface area contributed by atoms with Gasteiger partial charge in [0, 0.05) is 20.2 Å². The minimum atomic E-state index is -1.34. The second kappa shape index (κ2) is 4.50. The largest absolute Gasteiger partial charge is 0.545 e. The third-order valence-corrected chi connectivity index (χ3v) is 1.00. The van der Waals surface area contributed by atoms with Gasteiger partial charge < -0.3 is 9.90 Å². The van der Waals surface area contributed by atoms with Crippen LogP contribution in [-0.4, -0.2) is 31.0 Å². The standard InChI is InChI=1S/C7H12N2O3/c1-5(7(11)12)4-6(10)8-9(2)3/h4H,1-3H3,(H,8,10)(H,11,12)/p-1/b5-4-. The zero-order valence-corrected chi connectivity index (χ0v) is 7.25. The van der Waals surface area contributed by atoms with E-state index < -0.39 is 11.9 Å². The molecule has 1 amide bonds. The van der Waals surface area contributed by atoms with Gasteiger partial charge in [0.2, 0.25) is 0 Å². The Balaban J connectivity index is 4.15. The number of amides is 1. The molecule has 1 N–H and O–H groups in total. The molecule has 0 atom stereocenters. The van der Waals surface area contributed by atoms with Crippen LogP contribution in [0.2, 0.25) is 0 Å². The van der Waals surface area contributed by atoms with Crippen LogP contribution in [0.15, 0.2) is 11.6 Å². The summed E-state index contributed by atoms with van der Waals surface area (Å²) in [4.78, 5) is 21.0. The van der Waals surface area contributed by atoms with E-state index >= 15 is 0 Å². The highest BCUT2D eigenvalue weighted by Gasteiger charge is 1.98. The molecule has 5 heteroatoms. The van der Waals surface area contributed by atoms with Crippen LogP contribution in [0.3, 0.4) is 0 Å². The summed E-state index contributed by atoms with van der Waals surface area (Å²) in [5.74, 6) is -1.83. The molecule has 0 aliphatic rings. The fourth-order valence-corrected chi connectivity index (χ4v) is 0.508. The van der Waals surface area contributed by atoms with E-state index in [-0.39, 0.29) is 5.57 Å². The molecule has 0 aliphatic carbocycles. The van der Waals surface area contributed by atoms with Gasteiger partial charge in [-0.05, 0) is 12.5 Å². The van der Waals surface area contributed by atoms with Crippen LogP contribution in [-0.2, 0) is 9.59 Å². The molecule has 0 rings (SSSR count). The van der Waals surface area contributed by atoms with Gasteiger partial charge in [-0.25, -0.2) is 5.01 Å². The van der Waals surface area contributed by atoms with Crippen molar-refractivity contribution in [2.24, 2.45) is 0 Å². The van der Waals surface area contributed by atoms with Crippen LogP contribution in [0.1, 0.15) is 6.92 Å². The summed E-state index contributed by atoms with van der Waals surface area (Å²) in [7, 11) is 3.25. The zero-order chi connectivity index (χ0) is 9.72. The number of hydrogen-bond acceptors (Lipinski definition) is 4. The topological polar surface area (TPSA) is 72.5 Å². The molecular weight excluding hydrogens is 160 g/mol. The van der Waals surface area contributed by atoms with Gasteiger partial charge in [-0.3, -0.25) is 10.2 Å². The first-order valence-corrected chi connectivity index (χ1v) is 3.31. The fraction of sp³-hybridized carbons (Fsp3) is 0.429. The zero-order valence-electron chi connectivity index (χ0n) is 7.25. The second-order valence-electron chi connectivity index (χ2n) is 2.49. The van der Waals surface area contributed by atoms with Crippen molar-refractivity contribution < 1.29 is 14.7 Å². The van der Waals surface area contributed by atoms with E-state index in [0.29, 0.717) is 0 Å². The molecule has 0 fully saturated rings. The molecule has 0 aromatic rings. The predicted octanol–water partition coefficient (Wildman–Crippen LogP) is -1.72. The smallest absolute Gasteiger partial charge is 0.258 e. The van der Waals surface area contributed by atoms with Crippen molar-refractivity contribution in [1.82, 2.24) is 10.4 Å². The Kier molecular flexibility index (Phi) is 3.99. The molecule has 0 radical (unpaired) electrons. The average molecular weight is 171 g/mol. The van der Waals surface area contributed by atoms with Gasteiger partial charge in [0.05, 0.1) is 5.97 Å². The van der Waals surface area contributed by atoms with Crippen molar-refractivity contribution >= 4 is 11.9 Å². The fourth-order valence-electron chi connectivity index (χ4n) is 0.508. The number of carboxylic acid groups (broad SMARTS) is 1. The number of hydrazine groups is 1. The average Bonchev–Trinajstić information content (AvgIpc) is 1.84. The Hall–Kier alpha value is -1.36. The summed E-state index contributed by atoms with van der Waals surface area (Å²) in [5, 5.41) is 11.6. The summed E-state index contributed by atoms with van der Waals surface area (Å²) in [6.45, 7) is 1.30. The molecule has 0 saturated carbocycles. The molecule has 0 aliphatic heterocycles. The quantitative estimate of drug-likeness (QED) is 0.405. The first-order valence-electron chi connectivity index (χ1n) is 3.31. The van der Waals surface area contributed by atoms with Gasteiger partial charge in [0.15, 0.2) is 0 Å². The lowest BCUT2D eigenvalue weighted by molar-refractivity contribution is -0.299. The highest BCUT2D eigenvalue weighted by atomic mass is 16.4. The van der Waals surface area contributed by atoms with Crippen LogP contribution in [0.5, 0.6) is 0 Å². The van der Waals surface area contributed by atoms with E-state index in [9.17, 15) is 14.7 Å². The predicted molar refractivity (Wildman–Crippen MR) is 40.6 cm³/mol. The van der Waals surface area contributed by atoms with Crippen LogP contribution < -0.4 is 10.5 Å². The summed E-state index contributed by atoms with van der Waals surface area (Å²) < 4.78 is 0. The minimum absolute atomic E-state index is 0.102. The highest BCUT2D eigenvalue weighted by Crippen LogP contribution is 1.88. The molecule has 0 aromatic carbocycles. The molecule has 0 aromatic heterocycles. The van der Waals surface area contributed by atoms with Crippen molar-refractivity contribution in [3.05, 3.63) is 11.6 Å². The van der Waals surface area contributed by atoms with E-state index in [2.05, 4.69) is 5.43 Å². The van der Waals surface area contributed by atoms with E-state index in [1.54, 1.807) is 14.1 Å². The lowest BCUT2D eigenvalue weighted by Crippen LogP contribution is -2.35. The first-order chi connectivity index (χ1) is 5.43. The van der Waals surface area contributed by atoms with Gasteiger partial charge in [-0.1, -0.05) is 0 Å².